The van der Waals surface area contributed by atoms with Crippen LogP contribution in [0.2, 0.25) is 0 Å². The molecule has 1 N–H and O–H groups in total. The molecule has 0 bridgehead atoms. The fourth-order valence-corrected chi connectivity index (χ4v) is 7.25. The maximum absolute atomic E-state index is 13.1. The quantitative estimate of drug-likeness (QED) is 0.813. The van der Waals surface area contributed by atoms with Gasteiger partial charge in [0, 0.05) is 44.7 Å². The van der Waals surface area contributed by atoms with Crippen molar-refractivity contribution in [3.05, 3.63) is 29.8 Å². The van der Waals surface area contributed by atoms with Gasteiger partial charge in [-0.25, -0.2) is 8.42 Å². The number of aryl methyl sites for hydroxylation is 1. The molecule has 2 spiro atoms. The molecule has 3 aliphatic rings. The Labute approximate surface area is 174 Å². The summed E-state index contributed by atoms with van der Waals surface area (Å²) in [5.74, 6) is 0.729. The van der Waals surface area contributed by atoms with Gasteiger partial charge in [-0.05, 0) is 44.2 Å². The molecule has 0 saturated carbocycles. The second-order valence-electron chi connectivity index (χ2n) is 9.65. The van der Waals surface area contributed by atoms with Crippen LogP contribution in [0.25, 0.3) is 0 Å². The van der Waals surface area contributed by atoms with E-state index >= 15 is 0 Å². The topological polar surface area (TPSA) is 69.7 Å². The number of carbonyl (C=O) groups excluding carboxylic acids is 1. The summed E-state index contributed by atoms with van der Waals surface area (Å²) >= 11 is 0. The first-order chi connectivity index (χ1) is 13.7. The van der Waals surface area contributed by atoms with E-state index in [4.69, 9.17) is 0 Å². The van der Waals surface area contributed by atoms with Crippen LogP contribution in [0.4, 0.5) is 0 Å². The molecule has 1 amide bonds. The summed E-state index contributed by atoms with van der Waals surface area (Å²) in [5.41, 5.74) is 0.565. The van der Waals surface area contributed by atoms with Crippen LogP contribution in [0.1, 0.15) is 38.7 Å². The van der Waals surface area contributed by atoms with E-state index in [2.05, 4.69) is 24.1 Å². The van der Waals surface area contributed by atoms with Gasteiger partial charge in [0.05, 0.1) is 10.3 Å². The minimum absolute atomic E-state index is 0.123. The molecule has 7 heteroatoms. The number of rotatable bonds is 4. The van der Waals surface area contributed by atoms with Gasteiger partial charge in [-0.15, -0.1) is 0 Å². The van der Waals surface area contributed by atoms with Crippen molar-refractivity contribution in [1.82, 2.24) is 14.5 Å². The molecular weight excluding hydrogens is 386 g/mol. The Balaban J connectivity index is 1.56. The standard InChI is InChI=1S/C22H33N3O3S/c1-17(2)14-24-15-21(22(16-24)8-11-23-20(22)26)9-12-25(13-10-21)29(27,28)19-6-4-18(3)5-7-19/h4-7,17H,8-16H2,1-3H3,(H,23,26)/t22-/m0/s1. The van der Waals surface area contributed by atoms with E-state index in [1.165, 1.54) is 0 Å². The molecule has 0 aliphatic carbocycles. The summed E-state index contributed by atoms with van der Waals surface area (Å²) < 4.78 is 27.9. The number of benzene rings is 1. The Morgan fingerprint density at radius 3 is 2.28 bits per heavy atom. The summed E-state index contributed by atoms with van der Waals surface area (Å²) in [5, 5.41) is 3.07. The average Bonchev–Trinajstić information content (AvgIpc) is 3.17. The van der Waals surface area contributed by atoms with Crippen LogP contribution in [-0.4, -0.2) is 62.8 Å². The summed E-state index contributed by atoms with van der Waals surface area (Å²) in [6.07, 6.45) is 2.37. The maximum atomic E-state index is 13.1. The van der Waals surface area contributed by atoms with Gasteiger partial charge in [0.1, 0.15) is 0 Å². The number of hydrogen-bond acceptors (Lipinski definition) is 4. The first-order valence-corrected chi connectivity index (χ1v) is 12.2. The van der Waals surface area contributed by atoms with Crippen LogP contribution in [0.15, 0.2) is 29.2 Å². The van der Waals surface area contributed by atoms with Crippen molar-refractivity contribution in [2.75, 3.05) is 39.3 Å². The van der Waals surface area contributed by atoms with Crippen molar-refractivity contribution in [3.8, 4) is 0 Å². The van der Waals surface area contributed by atoms with Crippen LogP contribution in [0, 0.1) is 23.7 Å². The molecule has 3 aliphatic heterocycles. The Bertz CT molecular complexity index is 873. The first kappa shape index (κ1) is 20.8. The van der Waals surface area contributed by atoms with Gasteiger partial charge < -0.3 is 10.2 Å². The lowest BCUT2D eigenvalue weighted by molar-refractivity contribution is -0.133. The van der Waals surface area contributed by atoms with Gasteiger partial charge in [-0.1, -0.05) is 31.5 Å². The minimum atomic E-state index is -3.49. The smallest absolute Gasteiger partial charge is 0.243 e. The largest absolute Gasteiger partial charge is 0.356 e. The number of hydrogen-bond donors (Lipinski definition) is 1. The molecule has 3 heterocycles. The predicted octanol–water partition coefficient (Wildman–Crippen LogP) is 2.24. The van der Waals surface area contributed by atoms with E-state index in [1.54, 1.807) is 16.4 Å². The number of sulfonamides is 1. The zero-order chi connectivity index (χ0) is 20.9. The molecule has 3 saturated heterocycles. The lowest BCUT2D eigenvalue weighted by Crippen LogP contribution is -2.53. The molecule has 1 aromatic rings. The summed E-state index contributed by atoms with van der Waals surface area (Å²) in [6.45, 7) is 10.8. The van der Waals surface area contributed by atoms with Crippen molar-refractivity contribution < 1.29 is 13.2 Å². The van der Waals surface area contributed by atoms with E-state index in [0.717, 1.165) is 51.0 Å². The van der Waals surface area contributed by atoms with Crippen molar-refractivity contribution in [1.29, 1.82) is 0 Å². The van der Waals surface area contributed by atoms with Gasteiger partial charge in [-0.3, -0.25) is 4.79 Å². The van der Waals surface area contributed by atoms with E-state index in [0.29, 0.717) is 23.9 Å². The number of fused-ring (bicyclic) bond motifs is 1. The zero-order valence-corrected chi connectivity index (χ0v) is 18.6. The summed E-state index contributed by atoms with van der Waals surface area (Å²) in [7, 11) is -3.49. The molecule has 3 fully saturated rings. The van der Waals surface area contributed by atoms with E-state index < -0.39 is 10.0 Å². The highest BCUT2D eigenvalue weighted by Crippen LogP contribution is 2.56. The van der Waals surface area contributed by atoms with Crippen LogP contribution in [0.3, 0.4) is 0 Å². The third-order valence-electron chi connectivity index (χ3n) is 7.27. The van der Waals surface area contributed by atoms with Crippen molar-refractivity contribution in [2.45, 2.75) is 44.9 Å². The average molecular weight is 420 g/mol. The molecule has 160 valence electrons. The summed E-state index contributed by atoms with van der Waals surface area (Å²) in [6, 6.07) is 7.08. The SMILES string of the molecule is Cc1ccc(S(=O)(=O)N2CCC3(CC2)CN(CC(C)C)C[C@]32CCNC2=O)cc1. The Morgan fingerprint density at radius 1 is 1.07 bits per heavy atom. The number of likely N-dealkylation sites (tertiary alicyclic amines) is 1. The minimum Gasteiger partial charge on any atom is -0.356 e. The number of piperidine rings is 1. The number of nitrogens with zero attached hydrogens (tertiary/aromatic N) is 2. The van der Waals surface area contributed by atoms with E-state index in [9.17, 15) is 13.2 Å². The summed E-state index contributed by atoms with van der Waals surface area (Å²) in [4.78, 5) is 15.8. The fraction of sp³-hybridized carbons (Fsp3) is 0.682. The Hall–Kier alpha value is -1.44. The lowest BCUT2D eigenvalue weighted by atomic mass is 9.60. The monoisotopic (exact) mass is 419 g/mol. The van der Waals surface area contributed by atoms with E-state index in [-0.39, 0.29) is 16.7 Å². The predicted molar refractivity (Wildman–Crippen MR) is 113 cm³/mol. The molecule has 0 radical (unpaired) electrons. The van der Waals surface area contributed by atoms with Gasteiger partial charge in [0.15, 0.2) is 0 Å². The maximum Gasteiger partial charge on any atom is 0.243 e. The Morgan fingerprint density at radius 2 is 1.72 bits per heavy atom. The fourth-order valence-electron chi connectivity index (χ4n) is 5.81. The number of carbonyl (C=O) groups is 1. The highest BCUT2D eigenvalue weighted by Gasteiger charge is 2.63. The van der Waals surface area contributed by atoms with Crippen molar-refractivity contribution >= 4 is 15.9 Å². The normalized spacial score (nSPS) is 27.9. The van der Waals surface area contributed by atoms with E-state index in [1.807, 2.05) is 19.1 Å². The van der Waals surface area contributed by atoms with Gasteiger partial charge >= 0.3 is 0 Å². The molecular formula is C22H33N3O3S. The highest BCUT2D eigenvalue weighted by atomic mass is 32.2. The third-order valence-corrected chi connectivity index (χ3v) is 9.18. The van der Waals surface area contributed by atoms with Crippen LogP contribution in [0.5, 0.6) is 0 Å². The first-order valence-electron chi connectivity index (χ1n) is 10.8. The second-order valence-corrected chi connectivity index (χ2v) is 11.6. The lowest BCUT2D eigenvalue weighted by Gasteiger charge is -2.46. The van der Waals surface area contributed by atoms with Crippen molar-refractivity contribution in [3.63, 3.8) is 0 Å². The number of nitrogens with one attached hydrogen (secondary N) is 1. The molecule has 1 atom stereocenters. The second kappa shape index (κ2) is 7.36. The van der Waals surface area contributed by atoms with Gasteiger partial charge in [0.25, 0.3) is 0 Å². The van der Waals surface area contributed by atoms with Gasteiger partial charge in [0.2, 0.25) is 15.9 Å². The van der Waals surface area contributed by atoms with Gasteiger partial charge in [-0.2, -0.15) is 4.31 Å². The molecule has 6 nitrogen and oxygen atoms in total. The van der Waals surface area contributed by atoms with Crippen LogP contribution >= 0.6 is 0 Å². The number of amides is 1. The third kappa shape index (κ3) is 3.41. The Kier molecular flexibility index (Phi) is 5.28. The highest BCUT2D eigenvalue weighted by molar-refractivity contribution is 7.89. The van der Waals surface area contributed by atoms with Crippen LogP contribution < -0.4 is 5.32 Å². The molecule has 4 rings (SSSR count). The zero-order valence-electron chi connectivity index (χ0n) is 17.8. The molecule has 1 aromatic carbocycles. The van der Waals surface area contributed by atoms with Crippen molar-refractivity contribution in [2.24, 2.45) is 16.7 Å². The molecule has 0 aromatic heterocycles. The van der Waals surface area contributed by atoms with Crippen LogP contribution in [-0.2, 0) is 14.8 Å². The molecule has 0 unspecified atom stereocenters. The molecule has 29 heavy (non-hydrogen) atoms.